The number of para-hydroxylation sites is 1. The Hall–Kier alpha value is -2.86. The summed E-state index contributed by atoms with van der Waals surface area (Å²) in [5.74, 6) is -0.179. The predicted octanol–water partition coefficient (Wildman–Crippen LogP) is 2.91. The Labute approximate surface area is 172 Å². The van der Waals surface area contributed by atoms with Crippen molar-refractivity contribution in [1.29, 1.82) is 0 Å². The van der Waals surface area contributed by atoms with E-state index in [-0.39, 0.29) is 17.6 Å². The Balaban J connectivity index is 1.54. The molecule has 2 N–H and O–H groups in total. The molecule has 0 unspecified atom stereocenters. The molecule has 1 aliphatic rings. The van der Waals surface area contributed by atoms with Gasteiger partial charge >= 0.3 is 0 Å². The molecule has 2 aromatic carbocycles. The van der Waals surface area contributed by atoms with Crippen LogP contribution in [0.2, 0.25) is 0 Å². The van der Waals surface area contributed by atoms with Gasteiger partial charge in [0.1, 0.15) is 5.75 Å². The Bertz CT molecular complexity index is 873. The van der Waals surface area contributed by atoms with E-state index in [1.807, 2.05) is 37.3 Å². The first-order chi connectivity index (χ1) is 14.0. The normalized spacial score (nSPS) is 14.6. The highest BCUT2D eigenvalue weighted by Crippen LogP contribution is 2.21. The van der Waals surface area contributed by atoms with E-state index in [1.165, 1.54) is 0 Å². The number of phenols is 1. The van der Waals surface area contributed by atoms with Gasteiger partial charge in [0.25, 0.3) is 5.91 Å². The molecular formula is C23H29N3O3. The summed E-state index contributed by atoms with van der Waals surface area (Å²) < 4.78 is 0. The molecule has 0 bridgehead atoms. The van der Waals surface area contributed by atoms with E-state index in [0.29, 0.717) is 38.3 Å². The monoisotopic (exact) mass is 395 g/mol. The zero-order valence-corrected chi connectivity index (χ0v) is 17.1. The van der Waals surface area contributed by atoms with Crippen LogP contribution in [-0.4, -0.2) is 59.4 Å². The quantitative estimate of drug-likeness (QED) is 0.789. The van der Waals surface area contributed by atoms with Crippen molar-refractivity contribution in [2.45, 2.75) is 26.7 Å². The highest BCUT2D eigenvalue weighted by atomic mass is 16.3. The number of amides is 2. The summed E-state index contributed by atoms with van der Waals surface area (Å²) in [6.45, 7) is 6.71. The molecule has 0 spiro atoms. The second kappa shape index (κ2) is 9.56. The van der Waals surface area contributed by atoms with Crippen LogP contribution in [0.4, 0.5) is 5.69 Å². The van der Waals surface area contributed by atoms with Gasteiger partial charge in [-0.15, -0.1) is 0 Å². The van der Waals surface area contributed by atoms with E-state index < -0.39 is 0 Å². The topological polar surface area (TPSA) is 72.9 Å². The average molecular weight is 396 g/mol. The minimum atomic E-state index is -0.154. The third kappa shape index (κ3) is 5.15. The van der Waals surface area contributed by atoms with E-state index in [0.717, 1.165) is 29.7 Å². The molecule has 6 heteroatoms. The highest BCUT2D eigenvalue weighted by Gasteiger charge is 2.25. The maximum absolute atomic E-state index is 12.8. The third-order valence-electron chi connectivity index (χ3n) is 5.40. The van der Waals surface area contributed by atoms with Crippen molar-refractivity contribution in [1.82, 2.24) is 9.80 Å². The van der Waals surface area contributed by atoms with Crippen LogP contribution in [0.15, 0.2) is 42.5 Å². The van der Waals surface area contributed by atoms with Gasteiger partial charge < -0.3 is 15.3 Å². The minimum Gasteiger partial charge on any atom is -0.507 e. The van der Waals surface area contributed by atoms with Crippen molar-refractivity contribution < 1.29 is 14.7 Å². The minimum absolute atomic E-state index is 0.0172. The summed E-state index contributed by atoms with van der Waals surface area (Å²) in [6, 6.07) is 13.0. The number of benzene rings is 2. The second-order valence-electron chi connectivity index (χ2n) is 7.33. The molecule has 2 amide bonds. The number of piperazine rings is 1. The van der Waals surface area contributed by atoms with Crippen molar-refractivity contribution >= 4 is 17.5 Å². The number of phenolic OH excluding ortho intramolecular Hbond substituents is 1. The fourth-order valence-corrected chi connectivity index (χ4v) is 3.60. The maximum Gasteiger partial charge on any atom is 0.257 e. The summed E-state index contributed by atoms with van der Waals surface area (Å²) in [6.07, 6.45) is 1.67. The van der Waals surface area contributed by atoms with Gasteiger partial charge in [-0.1, -0.05) is 38.1 Å². The Morgan fingerprint density at radius 1 is 1.00 bits per heavy atom. The van der Waals surface area contributed by atoms with Crippen LogP contribution < -0.4 is 5.32 Å². The first-order valence-electron chi connectivity index (χ1n) is 10.2. The lowest BCUT2D eigenvalue weighted by molar-refractivity contribution is -0.117. The first kappa shape index (κ1) is 20.9. The third-order valence-corrected chi connectivity index (χ3v) is 5.40. The second-order valence-corrected chi connectivity index (χ2v) is 7.33. The molecule has 6 nitrogen and oxygen atoms in total. The number of carbonyl (C=O) groups is 2. The largest absolute Gasteiger partial charge is 0.507 e. The fourth-order valence-electron chi connectivity index (χ4n) is 3.60. The van der Waals surface area contributed by atoms with Crippen LogP contribution >= 0.6 is 0 Å². The van der Waals surface area contributed by atoms with Crippen molar-refractivity contribution in [2.24, 2.45) is 0 Å². The van der Waals surface area contributed by atoms with Crippen LogP contribution in [0.3, 0.4) is 0 Å². The van der Waals surface area contributed by atoms with Crippen molar-refractivity contribution in [3.63, 3.8) is 0 Å². The fraction of sp³-hybridized carbons (Fsp3) is 0.391. The smallest absolute Gasteiger partial charge is 0.257 e. The van der Waals surface area contributed by atoms with Crippen molar-refractivity contribution in [3.05, 3.63) is 59.2 Å². The molecule has 0 atom stereocenters. The van der Waals surface area contributed by atoms with Gasteiger partial charge in [-0.2, -0.15) is 0 Å². The summed E-state index contributed by atoms with van der Waals surface area (Å²) in [4.78, 5) is 29.0. The molecule has 1 aliphatic heterocycles. The van der Waals surface area contributed by atoms with Crippen molar-refractivity contribution in [2.75, 3.05) is 38.0 Å². The molecule has 1 fully saturated rings. The number of carbonyl (C=O) groups excluding carboxylic acids is 2. The van der Waals surface area contributed by atoms with Crippen LogP contribution in [0, 0.1) is 0 Å². The zero-order valence-electron chi connectivity index (χ0n) is 17.1. The van der Waals surface area contributed by atoms with Crippen LogP contribution in [0.25, 0.3) is 0 Å². The number of nitrogens with zero attached hydrogens (tertiary/aromatic N) is 2. The van der Waals surface area contributed by atoms with Gasteiger partial charge in [0, 0.05) is 31.9 Å². The molecule has 29 heavy (non-hydrogen) atoms. The molecule has 0 radical (unpaired) electrons. The number of rotatable bonds is 6. The number of hydrogen-bond acceptors (Lipinski definition) is 4. The van der Waals surface area contributed by atoms with Crippen LogP contribution in [0.5, 0.6) is 5.75 Å². The molecule has 1 heterocycles. The van der Waals surface area contributed by atoms with E-state index in [9.17, 15) is 14.7 Å². The van der Waals surface area contributed by atoms with Gasteiger partial charge in [0.05, 0.1) is 12.1 Å². The molecule has 0 aliphatic carbocycles. The lowest BCUT2D eigenvalue weighted by Gasteiger charge is -2.34. The summed E-state index contributed by atoms with van der Waals surface area (Å²) in [5.41, 5.74) is 3.35. The molecular weight excluding hydrogens is 366 g/mol. The van der Waals surface area contributed by atoms with Gasteiger partial charge in [-0.3, -0.25) is 14.5 Å². The van der Waals surface area contributed by atoms with E-state index in [4.69, 9.17) is 0 Å². The standard InChI is InChI=1S/C23H29N3O3/c1-3-17-9-10-21(27)19(15-17)23(29)26-13-11-25(12-14-26)16-22(28)24-20-8-6-5-7-18(20)4-2/h5-10,15,27H,3-4,11-14,16H2,1-2H3,(H,24,28). The van der Waals surface area contributed by atoms with Crippen molar-refractivity contribution in [3.8, 4) is 5.75 Å². The lowest BCUT2D eigenvalue weighted by Crippen LogP contribution is -2.50. The SMILES string of the molecule is CCc1ccc(O)c(C(=O)N2CCN(CC(=O)Nc3ccccc3CC)CC2)c1. The molecule has 3 rings (SSSR count). The highest BCUT2D eigenvalue weighted by molar-refractivity contribution is 5.97. The molecule has 0 saturated carbocycles. The average Bonchev–Trinajstić information content (AvgIpc) is 2.74. The van der Waals surface area contributed by atoms with Gasteiger partial charge in [0.15, 0.2) is 0 Å². The lowest BCUT2D eigenvalue weighted by atomic mass is 10.1. The summed E-state index contributed by atoms with van der Waals surface area (Å²) in [7, 11) is 0. The molecule has 1 saturated heterocycles. The van der Waals surface area contributed by atoms with Crippen LogP contribution in [-0.2, 0) is 17.6 Å². The summed E-state index contributed by atoms with van der Waals surface area (Å²) in [5, 5.41) is 13.1. The van der Waals surface area contributed by atoms with Crippen LogP contribution in [0.1, 0.15) is 35.3 Å². The molecule has 0 aromatic heterocycles. The number of aryl methyl sites for hydroxylation is 2. The number of nitrogens with one attached hydrogen (secondary N) is 1. The number of hydrogen-bond donors (Lipinski definition) is 2. The first-order valence-corrected chi connectivity index (χ1v) is 10.2. The van der Waals surface area contributed by atoms with E-state index >= 15 is 0 Å². The predicted molar refractivity (Wildman–Crippen MR) is 114 cm³/mol. The van der Waals surface area contributed by atoms with E-state index in [2.05, 4.69) is 17.1 Å². The molecule has 154 valence electrons. The van der Waals surface area contributed by atoms with E-state index in [1.54, 1.807) is 17.0 Å². The van der Waals surface area contributed by atoms with Gasteiger partial charge in [-0.05, 0) is 42.2 Å². The molecule has 2 aromatic rings. The Morgan fingerprint density at radius 3 is 2.41 bits per heavy atom. The number of aromatic hydroxyl groups is 1. The maximum atomic E-state index is 12.8. The Kier molecular flexibility index (Phi) is 6.88. The number of anilines is 1. The van der Waals surface area contributed by atoms with Gasteiger partial charge in [-0.25, -0.2) is 0 Å². The zero-order chi connectivity index (χ0) is 20.8. The Morgan fingerprint density at radius 2 is 1.72 bits per heavy atom. The van der Waals surface area contributed by atoms with Gasteiger partial charge in [0.2, 0.25) is 5.91 Å². The summed E-state index contributed by atoms with van der Waals surface area (Å²) >= 11 is 0.